The molecule has 2 aromatic carbocycles. The number of thiophene rings is 1. The van der Waals surface area contributed by atoms with Crippen molar-refractivity contribution < 1.29 is 9.53 Å². The second-order valence-corrected chi connectivity index (χ2v) is 6.36. The maximum atomic E-state index is 12.4. The van der Waals surface area contributed by atoms with Crippen molar-refractivity contribution in [2.75, 3.05) is 12.4 Å². The Balaban J connectivity index is 1.89. The van der Waals surface area contributed by atoms with Gasteiger partial charge in [0, 0.05) is 15.8 Å². The van der Waals surface area contributed by atoms with Crippen molar-refractivity contribution in [3.63, 3.8) is 0 Å². The Hall–Kier alpha value is -2.04. The molecule has 0 radical (unpaired) electrons. The fourth-order valence-corrected chi connectivity index (χ4v) is 3.69. The molecule has 1 amide bonds. The van der Waals surface area contributed by atoms with Crippen molar-refractivity contribution in [2.24, 2.45) is 0 Å². The summed E-state index contributed by atoms with van der Waals surface area (Å²) in [6.45, 7) is 2.02. The number of hydrogen-bond donors (Lipinski definition) is 1. The molecule has 3 nitrogen and oxygen atoms in total. The number of anilines is 1. The van der Waals surface area contributed by atoms with Gasteiger partial charge in [0.1, 0.15) is 10.6 Å². The summed E-state index contributed by atoms with van der Waals surface area (Å²) in [5, 5.41) is 4.28. The topological polar surface area (TPSA) is 38.3 Å². The van der Waals surface area contributed by atoms with Gasteiger partial charge in [-0.3, -0.25) is 4.79 Å². The maximum absolute atomic E-state index is 12.4. The SMILES string of the molecule is COc1ccc(NC(=O)c2sc3cc(C)ccc3c2Cl)cc1. The van der Waals surface area contributed by atoms with Crippen LogP contribution in [0.1, 0.15) is 15.2 Å². The van der Waals surface area contributed by atoms with E-state index in [2.05, 4.69) is 5.32 Å². The quantitative estimate of drug-likeness (QED) is 0.723. The molecule has 112 valence electrons. The third-order valence-corrected chi connectivity index (χ3v) is 5.00. The first-order chi connectivity index (χ1) is 10.6. The molecular weight excluding hydrogens is 318 g/mol. The predicted octanol–water partition coefficient (Wildman–Crippen LogP) is 5.12. The Bertz CT molecular complexity index is 840. The summed E-state index contributed by atoms with van der Waals surface area (Å²) in [5.41, 5.74) is 1.85. The lowest BCUT2D eigenvalue weighted by Crippen LogP contribution is -2.10. The number of aryl methyl sites for hydroxylation is 1. The van der Waals surface area contributed by atoms with Crippen molar-refractivity contribution in [3.05, 3.63) is 57.9 Å². The largest absolute Gasteiger partial charge is 0.497 e. The zero-order valence-corrected chi connectivity index (χ0v) is 13.7. The molecule has 0 saturated heterocycles. The molecule has 0 bridgehead atoms. The first-order valence-electron chi connectivity index (χ1n) is 6.72. The van der Waals surface area contributed by atoms with Gasteiger partial charge in [0.2, 0.25) is 0 Å². The zero-order chi connectivity index (χ0) is 15.7. The van der Waals surface area contributed by atoms with Crippen LogP contribution < -0.4 is 10.1 Å². The van der Waals surface area contributed by atoms with E-state index in [-0.39, 0.29) is 5.91 Å². The predicted molar refractivity (Wildman–Crippen MR) is 92.5 cm³/mol. The fraction of sp³-hybridized carbons (Fsp3) is 0.118. The number of amides is 1. The van der Waals surface area contributed by atoms with Crippen LogP contribution in [0.4, 0.5) is 5.69 Å². The van der Waals surface area contributed by atoms with E-state index in [0.717, 1.165) is 21.4 Å². The molecule has 0 aliphatic heterocycles. The summed E-state index contributed by atoms with van der Waals surface area (Å²) in [6.07, 6.45) is 0. The third kappa shape index (κ3) is 2.80. The van der Waals surface area contributed by atoms with E-state index in [4.69, 9.17) is 16.3 Å². The third-order valence-electron chi connectivity index (χ3n) is 3.34. The number of ether oxygens (including phenoxy) is 1. The summed E-state index contributed by atoms with van der Waals surface area (Å²) >= 11 is 7.75. The molecule has 5 heteroatoms. The van der Waals surface area contributed by atoms with Gasteiger partial charge in [0.05, 0.1) is 12.1 Å². The van der Waals surface area contributed by atoms with Crippen LogP contribution in [0.15, 0.2) is 42.5 Å². The van der Waals surface area contributed by atoms with Crippen molar-refractivity contribution in [1.82, 2.24) is 0 Å². The highest BCUT2D eigenvalue weighted by atomic mass is 35.5. The minimum Gasteiger partial charge on any atom is -0.497 e. The van der Waals surface area contributed by atoms with E-state index in [1.54, 1.807) is 31.4 Å². The Kier molecular flexibility index (Phi) is 4.05. The molecule has 0 spiro atoms. The highest BCUT2D eigenvalue weighted by Gasteiger charge is 2.17. The number of benzene rings is 2. The molecule has 0 atom stereocenters. The molecule has 3 rings (SSSR count). The minimum absolute atomic E-state index is 0.200. The van der Waals surface area contributed by atoms with E-state index in [0.29, 0.717) is 15.6 Å². The van der Waals surface area contributed by atoms with Crippen LogP contribution in [0.25, 0.3) is 10.1 Å². The fourth-order valence-electron chi connectivity index (χ4n) is 2.18. The lowest BCUT2D eigenvalue weighted by molar-refractivity contribution is 0.103. The van der Waals surface area contributed by atoms with E-state index in [9.17, 15) is 4.79 Å². The van der Waals surface area contributed by atoms with Gasteiger partial charge in [0.15, 0.2) is 0 Å². The minimum atomic E-state index is -0.200. The van der Waals surface area contributed by atoms with E-state index < -0.39 is 0 Å². The standard InChI is InChI=1S/C17H14ClNO2S/c1-10-3-8-13-14(9-10)22-16(15(13)18)17(20)19-11-4-6-12(21-2)7-5-11/h3-9H,1-2H3,(H,19,20). The first-order valence-corrected chi connectivity index (χ1v) is 7.92. The molecule has 0 saturated carbocycles. The normalized spacial score (nSPS) is 10.7. The van der Waals surface area contributed by atoms with Gasteiger partial charge in [0.25, 0.3) is 5.91 Å². The van der Waals surface area contributed by atoms with E-state index in [1.807, 2.05) is 25.1 Å². The average Bonchev–Trinajstić information content (AvgIpc) is 2.84. The van der Waals surface area contributed by atoms with Gasteiger partial charge in [-0.05, 0) is 42.8 Å². The average molecular weight is 332 g/mol. The number of hydrogen-bond acceptors (Lipinski definition) is 3. The van der Waals surface area contributed by atoms with Crippen molar-refractivity contribution >= 4 is 44.6 Å². The van der Waals surface area contributed by atoms with E-state index >= 15 is 0 Å². The summed E-state index contributed by atoms with van der Waals surface area (Å²) in [6, 6.07) is 13.2. The summed E-state index contributed by atoms with van der Waals surface area (Å²) < 4.78 is 6.12. The van der Waals surface area contributed by atoms with Gasteiger partial charge in [-0.1, -0.05) is 23.7 Å². The van der Waals surface area contributed by atoms with Crippen LogP contribution in [0, 0.1) is 6.92 Å². The van der Waals surface area contributed by atoms with Gasteiger partial charge in [-0.2, -0.15) is 0 Å². The number of fused-ring (bicyclic) bond motifs is 1. The molecule has 1 N–H and O–H groups in total. The molecule has 0 unspecified atom stereocenters. The second kappa shape index (κ2) is 5.99. The molecule has 0 fully saturated rings. The first kappa shape index (κ1) is 14.9. The Morgan fingerprint density at radius 2 is 1.91 bits per heavy atom. The lowest BCUT2D eigenvalue weighted by Gasteiger charge is -2.05. The Morgan fingerprint density at radius 3 is 2.59 bits per heavy atom. The van der Waals surface area contributed by atoms with Crippen LogP contribution in [0.3, 0.4) is 0 Å². The highest BCUT2D eigenvalue weighted by molar-refractivity contribution is 7.21. The van der Waals surface area contributed by atoms with Crippen LogP contribution in [0.5, 0.6) is 5.75 Å². The van der Waals surface area contributed by atoms with Gasteiger partial charge in [-0.15, -0.1) is 11.3 Å². The number of nitrogens with one attached hydrogen (secondary N) is 1. The van der Waals surface area contributed by atoms with Crippen LogP contribution in [-0.4, -0.2) is 13.0 Å². The van der Waals surface area contributed by atoms with Crippen LogP contribution >= 0.6 is 22.9 Å². The Labute approximate surface area is 137 Å². The second-order valence-electron chi connectivity index (χ2n) is 4.93. The molecule has 0 aliphatic carbocycles. The number of methoxy groups -OCH3 is 1. The van der Waals surface area contributed by atoms with Gasteiger partial charge >= 0.3 is 0 Å². The summed E-state index contributed by atoms with van der Waals surface area (Å²) in [5.74, 6) is 0.544. The van der Waals surface area contributed by atoms with Crippen molar-refractivity contribution in [1.29, 1.82) is 0 Å². The lowest BCUT2D eigenvalue weighted by atomic mass is 10.2. The number of rotatable bonds is 3. The summed E-state index contributed by atoms with van der Waals surface area (Å²) in [4.78, 5) is 13.0. The molecule has 1 aromatic heterocycles. The summed E-state index contributed by atoms with van der Waals surface area (Å²) in [7, 11) is 1.60. The zero-order valence-electron chi connectivity index (χ0n) is 12.1. The highest BCUT2D eigenvalue weighted by Crippen LogP contribution is 2.36. The van der Waals surface area contributed by atoms with Crippen molar-refractivity contribution in [2.45, 2.75) is 6.92 Å². The smallest absolute Gasteiger partial charge is 0.267 e. The number of halogens is 1. The monoisotopic (exact) mass is 331 g/mol. The van der Waals surface area contributed by atoms with Gasteiger partial charge < -0.3 is 10.1 Å². The number of carbonyl (C=O) groups excluding carboxylic acids is 1. The van der Waals surface area contributed by atoms with Crippen molar-refractivity contribution in [3.8, 4) is 5.75 Å². The van der Waals surface area contributed by atoms with Gasteiger partial charge in [-0.25, -0.2) is 0 Å². The molecule has 22 heavy (non-hydrogen) atoms. The molecule has 3 aromatic rings. The molecule has 0 aliphatic rings. The van der Waals surface area contributed by atoms with Crippen LogP contribution in [-0.2, 0) is 0 Å². The van der Waals surface area contributed by atoms with E-state index in [1.165, 1.54) is 11.3 Å². The number of carbonyl (C=O) groups is 1. The molecule has 1 heterocycles. The maximum Gasteiger partial charge on any atom is 0.267 e. The molecular formula is C17H14ClNO2S. The van der Waals surface area contributed by atoms with Crippen LogP contribution in [0.2, 0.25) is 5.02 Å². The Morgan fingerprint density at radius 1 is 1.18 bits per heavy atom.